The highest BCUT2D eigenvalue weighted by molar-refractivity contribution is 7.11. The molecule has 36 heavy (non-hydrogen) atoms. The number of thiazole rings is 1. The molecular weight excluding hydrogens is 518 g/mol. The number of amidine groups is 1. The average molecular weight is 539 g/mol. The first-order valence-corrected chi connectivity index (χ1v) is 12.0. The fourth-order valence-electron chi connectivity index (χ4n) is 3.90. The lowest BCUT2D eigenvalue weighted by Crippen LogP contribution is -2.46. The predicted molar refractivity (Wildman–Crippen MR) is 128 cm³/mol. The molecule has 4 rings (SSSR count). The monoisotopic (exact) mass is 538 g/mol. The number of carbonyl (C=O) groups excluding carboxylic acids is 1. The molecule has 2 unspecified atom stereocenters. The van der Waals surface area contributed by atoms with Crippen LogP contribution in [0.2, 0.25) is 5.02 Å². The number of esters is 1. The van der Waals surface area contributed by atoms with E-state index < -0.39 is 40.7 Å². The van der Waals surface area contributed by atoms with E-state index in [1.165, 1.54) is 30.6 Å². The lowest BCUT2D eigenvalue weighted by Gasteiger charge is -2.34. The lowest BCUT2D eigenvalue weighted by atomic mass is 9.95. The maximum atomic E-state index is 14.4. The highest BCUT2D eigenvalue weighted by Crippen LogP contribution is 2.38. The molecule has 1 fully saturated rings. The predicted octanol–water partition coefficient (Wildman–Crippen LogP) is 2.93. The zero-order valence-corrected chi connectivity index (χ0v) is 20.5. The molecule has 1 saturated heterocycles. The zero-order valence-electron chi connectivity index (χ0n) is 18.9. The molecule has 2 aliphatic heterocycles. The summed E-state index contributed by atoms with van der Waals surface area (Å²) in [5, 5.41) is 13.8. The number of carboxylic acid groups (broad SMARTS) is 1. The van der Waals surface area contributed by atoms with Crippen LogP contribution in [0.1, 0.15) is 16.6 Å². The van der Waals surface area contributed by atoms with Gasteiger partial charge in [-0.25, -0.2) is 23.4 Å². The second-order valence-corrected chi connectivity index (χ2v) is 9.11. The Morgan fingerprint density at radius 1 is 1.42 bits per heavy atom. The second-order valence-electron chi connectivity index (χ2n) is 7.83. The Bertz CT molecular complexity index is 1250. The molecule has 13 heteroatoms. The molecule has 3 heterocycles. The largest absolute Gasteiger partial charge is 0.478 e. The summed E-state index contributed by atoms with van der Waals surface area (Å²) in [5.74, 6) is -3.85. The van der Waals surface area contributed by atoms with Crippen molar-refractivity contribution in [1.82, 2.24) is 15.2 Å². The number of rotatable bonds is 7. The summed E-state index contributed by atoms with van der Waals surface area (Å²) in [4.78, 5) is 34.7. The van der Waals surface area contributed by atoms with Gasteiger partial charge in [-0.15, -0.1) is 11.3 Å². The van der Waals surface area contributed by atoms with Crippen LogP contribution in [0.25, 0.3) is 0 Å². The number of hydrogen-bond donors (Lipinski definition) is 2. The zero-order chi connectivity index (χ0) is 25.8. The fourth-order valence-corrected chi connectivity index (χ4v) is 4.75. The Hall–Kier alpha value is -3.19. The third-order valence-electron chi connectivity index (χ3n) is 5.54. The van der Waals surface area contributed by atoms with Crippen LogP contribution in [0.4, 0.5) is 8.78 Å². The summed E-state index contributed by atoms with van der Waals surface area (Å²) >= 11 is 7.46. The van der Waals surface area contributed by atoms with Gasteiger partial charge in [0.05, 0.1) is 30.4 Å². The highest BCUT2D eigenvalue weighted by atomic mass is 35.5. The maximum absolute atomic E-state index is 14.4. The van der Waals surface area contributed by atoms with Crippen molar-refractivity contribution in [1.29, 1.82) is 0 Å². The minimum absolute atomic E-state index is 0.0786. The topological polar surface area (TPSA) is 113 Å². The van der Waals surface area contributed by atoms with Crippen molar-refractivity contribution >= 4 is 40.7 Å². The molecule has 2 N–H and O–H groups in total. The minimum atomic E-state index is -1.24. The number of carbonyl (C=O) groups is 2. The molecule has 2 aromatic rings. The number of nitrogens with zero attached hydrogens (tertiary/aromatic N) is 3. The molecule has 0 bridgehead atoms. The van der Waals surface area contributed by atoms with Crippen molar-refractivity contribution in [3.8, 4) is 0 Å². The van der Waals surface area contributed by atoms with Crippen molar-refractivity contribution in [3.05, 3.63) is 74.4 Å². The van der Waals surface area contributed by atoms with Crippen LogP contribution in [0.15, 0.2) is 52.1 Å². The van der Waals surface area contributed by atoms with Crippen LogP contribution in [0.5, 0.6) is 0 Å². The third-order valence-corrected chi connectivity index (χ3v) is 6.70. The van der Waals surface area contributed by atoms with Gasteiger partial charge in [-0.3, -0.25) is 9.89 Å². The number of carboxylic acids is 1. The van der Waals surface area contributed by atoms with Gasteiger partial charge >= 0.3 is 11.9 Å². The number of aliphatic carboxylic acids is 1. The van der Waals surface area contributed by atoms with E-state index in [4.69, 9.17) is 26.2 Å². The molecule has 2 atom stereocenters. The maximum Gasteiger partial charge on any atom is 0.338 e. The number of aromatic nitrogens is 1. The Kier molecular flexibility index (Phi) is 8.09. The van der Waals surface area contributed by atoms with Gasteiger partial charge < -0.3 is 19.9 Å². The molecule has 0 saturated carbocycles. The van der Waals surface area contributed by atoms with E-state index in [1.54, 1.807) is 11.6 Å². The van der Waals surface area contributed by atoms with Crippen molar-refractivity contribution in [2.45, 2.75) is 12.1 Å². The second kappa shape index (κ2) is 11.2. The third kappa shape index (κ3) is 5.62. The summed E-state index contributed by atoms with van der Waals surface area (Å²) in [6.07, 6.45) is 3.58. The molecule has 0 spiro atoms. The van der Waals surface area contributed by atoms with E-state index in [0.717, 1.165) is 12.1 Å². The normalized spacial score (nSPS) is 20.8. The van der Waals surface area contributed by atoms with Gasteiger partial charge in [0.2, 0.25) is 0 Å². The van der Waals surface area contributed by atoms with E-state index in [-0.39, 0.29) is 17.7 Å². The number of halogens is 3. The quantitative estimate of drug-likeness (QED) is 0.314. The first kappa shape index (κ1) is 25.9. The first-order chi connectivity index (χ1) is 17.3. The Balaban J connectivity index is 1.76. The summed E-state index contributed by atoms with van der Waals surface area (Å²) in [5.41, 5.74) is 0.582. The van der Waals surface area contributed by atoms with Crippen molar-refractivity contribution in [2.75, 3.05) is 33.4 Å². The Labute approximate surface area is 213 Å². The van der Waals surface area contributed by atoms with Crippen LogP contribution in [0, 0.1) is 11.6 Å². The molecular formula is C23H21ClF2N4O5S. The van der Waals surface area contributed by atoms with Crippen molar-refractivity contribution in [3.63, 3.8) is 0 Å². The molecule has 1 aromatic carbocycles. The van der Waals surface area contributed by atoms with Crippen molar-refractivity contribution < 1.29 is 33.0 Å². The SMILES string of the molecule is COC(=O)C1=C(CN2CCOC(/C=C/C(=O)O)C2)NC(c2nccs2)=NC1c1ccc(F)c(F)c1Cl. The van der Waals surface area contributed by atoms with Gasteiger partial charge in [-0.05, 0) is 12.1 Å². The van der Waals surface area contributed by atoms with Gasteiger partial charge in [-0.1, -0.05) is 17.7 Å². The molecule has 0 amide bonds. The molecule has 2 aliphatic rings. The van der Waals surface area contributed by atoms with Crippen molar-refractivity contribution in [2.24, 2.45) is 4.99 Å². The molecule has 190 valence electrons. The fraction of sp³-hybridized carbons (Fsp3) is 0.304. The smallest absolute Gasteiger partial charge is 0.338 e. The lowest BCUT2D eigenvalue weighted by molar-refractivity contribution is -0.136. The summed E-state index contributed by atoms with van der Waals surface area (Å²) in [6.45, 7) is 1.38. The summed E-state index contributed by atoms with van der Waals surface area (Å²) in [6, 6.07) is 1.10. The molecule has 0 radical (unpaired) electrons. The molecule has 0 aliphatic carbocycles. The van der Waals surface area contributed by atoms with Gasteiger partial charge in [0.15, 0.2) is 22.5 Å². The van der Waals surface area contributed by atoms with E-state index in [1.807, 2.05) is 4.90 Å². The Morgan fingerprint density at radius 2 is 2.22 bits per heavy atom. The van der Waals surface area contributed by atoms with Gasteiger partial charge in [0.25, 0.3) is 0 Å². The molecule has 1 aromatic heterocycles. The van der Waals surface area contributed by atoms with Gasteiger partial charge in [0, 0.05) is 48.5 Å². The van der Waals surface area contributed by atoms with Crippen LogP contribution < -0.4 is 5.32 Å². The standard InChI is InChI=1S/C23H21ClF2N4O5S/c1-34-23(33)17-15(11-30-7-8-35-12(10-30)2-5-16(31)32)28-21(22-27-6-9-36-22)29-20(17)13-3-4-14(25)19(26)18(13)24/h2-6,9,12,20H,7-8,10-11H2,1H3,(H,28,29)(H,31,32)/b5-2+. The first-order valence-electron chi connectivity index (χ1n) is 10.7. The summed E-state index contributed by atoms with van der Waals surface area (Å²) < 4.78 is 38.8. The van der Waals surface area contributed by atoms with Crippen LogP contribution in [-0.2, 0) is 19.1 Å². The summed E-state index contributed by atoms with van der Waals surface area (Å²) in [7, 11) is 1.21. The number of methoxy groups -OCH3 is 1. The Morgan fingerprint density at radius 3 is 2.92 bits per heavy atom. The number of benzene rings is 1. The van der Waals surface area contributed by atoms with E-state index in [2.05, 4.69) is 15.3 Å². The van der Waals surface area contributed by atoms with Crippen LogP contribution in [0.3, 0.4) is 0 Å². The van der Waals surface area contributed by atoms with Gasteiger partial charge in [0.1, 0.15) is 6.04 Å². The van der Waals surface area contributed by atoms with Gasteiger partial charge in [-0.2, -0.15) is 0 Å². The van der Waals surface area contributed by atoms with E-state index >= 15 is 0 Å². The highest BCUT2D eigenvalue weighted by Gasteiger charge is 2.35. The number of nitrogens with one attached hydrogen (secondary N) is 1. The van der Waals surface area contributed by atoms with Crippen LogP contribution >= 0.6 is 22.9 Å². The average Bonchev–Trinajstić information content (AvgIpc) is 3.41. The van der Waals surface area contributed by atoms with E-state index in [0.29, 0.717) is 36.2 Å². The number of ether oxygens (including phenoxy) is 2. The van der Waals surface area contributed by atoms with Crippen LogP contribution in [-0.4, -0.2) is 72.2 Å². The number of aliphatic imine (C=N–C) groups is 1. The van der Waals surface area contributed by atoms with E-state index in [9.17, 15) is 18.4 Å². The molecule has 9 nitrogen and oxygen atoms in total. The minimum Gasteiger partial charge on any atom is -0.478 e. The number of morpholine rings is 1. The number of hydrogen-bond acceptors (Lipinski definition) is 9.